The van der Waals surface area contributed by atoms with E-state index in [1.165, 1.54) is 60.9 Å². The maximum Gasteiger partial charge on any atom is 0.0472 e. The van der Waals surface area contributed by atoms with Gasteiger partial charge in [0.2, 0.25) is 0 Å². The number of hydrogen-bond donors (Lipinski definition) is 1. The Morgan fingerprint density at radius 1 is 1.04 bits per heavy atom. The van der Waals surface area contributed by atoms with Crippen molar-refractivity contribution in [2.75, 3.05) is 42.6 Å². The molecule has 2 heterocycles. The Morgan fingerprint density at radius 2 is 1.70 bits per heavy atom. The molecule has 3 rings (SSSR count). The van der Waals surface area contributed by atoms with Gasteiger partial charge in [-0.3, -0.25) is 4.90 Å². The third-order valence-electron chi connectivity index (χ3n) is 4.70. The molecular formula is C18H27ClN2S2. The molecule has 0 saturated carbocycles. The van der Waals surface area contributed by atoms with Crippen molar-refractivity contribution in [3.63, 3.8) is 0 Å². The molecule has 2 nitrogen and oxygen atoms in total. The minimum absolute atomic E-state index is 0.478. The quantitative estimate of drug-likeness (QED) is 0.830. The number of benzene rings is 1. The Bertz CT molecular complexity index is 455. The largest absolute Gasteiger partial charge is 0.310 e. The molecule has 0 aromatic heterocycles. The maximum atomic E-state index is 6.08. The first-order chi connectivity index (χ1) is 11.3. The first-order valence-electron chi connectivity index (χ1n) is 8.71. The van der Waals surface area contributed by atoms with Crippen molar-refractivity contribution in [3.05, 3.63) is 34.9 Å². The number of hydrogen-bond acceptors (Lipinski definition) is 4. The lowest BCUT2D eigenvalue weighted by atomic mass is 10.0. The van der Waals surface area contributed by atoms with E-state index < -0.39 is 0 Å². The van der Waals surface area contributed by atoms with Crippen LogP contribution in [0.15, 0.2) is 24.3 Å². The number of nitrogens with one attached hydrogen (secondary N) is 1. The van der Waals surface area contributed by atoms with E-state index in [9.17, 15) is 0 Å². The fraction of sp³-hybridized carbons (Fsp3) is 0.667. The van der Waals surface area contributed by atoms with Crippen LogP contribution in [0.2, 0.25) is 5.02 Å². The van der Waals surface area contributed by atoms with Gasteiger partial charge >= 0.3 is 0 Å². The topological polar surface area (TPSA) is 15.3 Å². The zero-order valence-electron chi connectivity index (χ0n) is 13.7. The van der Waals surface area contributed by atoms with Crippen LogP contribution in [0.25, 0.3) is 0 Å². The normalized spacial score (nSPS) is 22.7. The lowest BCUT2D eigenvalue weighted by Crippen LogP contribution is -2.43. The molecular weight excluding hydrogens is 344 g/mol. The van der Waals surface area contributed by atoms with E-state index in [-0.39, 0.29) is 0 Å². The smallest absolute Gasteiger partial charge is 0.0472 e. The molecule has 2 aliphatic heterocycles. The first-order valence-corrected chi connectivity index (χ1v) is 11.4. The molecule has 1 aromatic rings. The van der Waals surface area contributed by atoms with Crippen LogP contribution in [0.5, 0.6) is 0 Å². The van der Waals surface area contributed by atoms with Crippen molar-refractivity contribution in [3.8, 4) is 0 Å². The predicted octanol–water partition coefficient (Wildman–Crippen LogP) is 4.31. The predicted molar refractivity (Wildman–Crippen MR) is 106 cm³/mol. The summed E-state index contributed by atoms with van der Waals surface area (Å²) in [7, 11) is 0. The van der Waals surface area contributed by atoms with Crippen molar-refractivity contribution >= 4 is 35.1 Å². The van der Waals surface area contributed by atoms with E-state index in [0.29, 0.717) is 12.1 Å². The molecule has 1 aromatic carbocycles. The summed E-state index contributed by atoms with van der Waals surface area (Å²) in [6.07, 6.45) is 4.05. The van der Waals surface area contributed by atoms with Gasteiger partial charge in [0.25, 0.3) is 0 Å². The third-order valence-corrected chi connectivity index (χ3v) is 7.47. The van der Waals surface area contributed by atoms with Crippen molar-refractivity contribution < 1.29 is 0 Å². The zero-order chi connectivity index (χ0) is 15.9. The molecule has 0 aliphatic carbocycles. The van der Waals surface area contributed by atoms with Gasteiger partial charge in [-0.2, -0.15) is 23.5 Å². The van der Waals surface area contributed by atoms with Crippen LogP contribution < -0.4 is 5.32 Å². The van der Waals surface area contributed by atoms with Crippen molar-refractivity contribution in [2.45, 2.75) is 31.3 Å². The monoisotopic (exact) mass is 370 g/mol. The van der Waals surface area contributed by atoms with Gasteiger partial charge in [0.05, 0.1) is 0 Å². The van der Waals surface area contributed by atoms with Gasteiger partial charge in [-0.15, -0.1) is 0 Å². The number of thioether (sulfide) groups is 2. The molecule has 23 heavy (non-hydrogen) atoms. The van der Waals surface area contributed by atoms with Crippen LogP contribution in [0.1, 0.15) is 30.9 Å². The summed E-state index contributed by atoms with van der Waals surface area (Å²) in [5.41, 5.74) is 1.40. The number of likely N-dealkylation sites (tertiary alicyclic amines) is 1. The third kappa shape index (κ3) is 5.57. The van der Waals surface area contributed by atoms with Gasteiger partial charge in [-0.25, -0.2) is 0 Å². The van der Waals surface area contributed by atoms with E-state index in [1.54, 1.807) is 0 Å². The SMILES string of the molecule is Clc1ccc(C(CNC2CSCCSC2)N2CCCCC2)cc1. The summed E-state index contributed by atoms with van der Waals surface area (Å²) in [5, 5.41) is 4.69. The molecule has 1 unspecified atom stereocenters. The van der Waals surface area contributed by atoms with Crippen molar-refractivity contribution in [2.24, 2.45) is 0 Å². The summed E-state index contributed by atoms with van der Waals surface area (Å²) >= 11 is 10.3. The molecule has 5 heteroatoms. The first kappa shape index (κ1) is 17.9. The molecule has 1 atom stereocenters. The van der Waals surface area contributed by atoms with Gasteiger partial charge in [0.1, 0.15) is 0 Å². The fourth-order valence-electron chi connectivity index (χ4n) is 3.39. The van der Waals surface area contributed by atoms with Crippen molar-refractivity contribution in [1.82, 2.24) is 10.2 Å². The number of halogens is 1. The van der Waals surface area contributed by atoms with E-state index in [1.807, 2.05) is 12.1 Å². The van der Waals surface area contributed by atoms with Crippen LogP contribution in [0.3, 0.4) is 0 Å². The fourth-order valence-corrected chi connectivity index (χ4v) is 5.98. The van der Waals surface area contributed by atoms with E-state index in [2.05, 4.69) is 45.9 Å². The second-order valence-corrected chi connectivity index (χ2v) is 9.16. The standard InChI is InChI=1S/C18H27ClN2S2/c19-16-6-4-15(5-7-16)18(21-8-2-1-3-9-21)12-20-17-13-22-10-11-23-14-17/h4-7,17-18,20H,1-3,8-14H2. The molecule has 0 bridgehead atoms. The highest BCUT2D eigenvalue weighted by Gasteiger charge is 2.23. The lowest BCUT2D eigenvalue weighted by molar-refractivity contribution is 0.159. The summed E-state index contributed by atoms with van der Waals surface area (Å²) in [4.78, 5) is 2.66. The molecule has 2 saturated heterocycles. The lowest BCUT2D eigenvalue weighted by Gasteiger charge is -2.36. The van der Waals surface area contributed by atoms with Crippen LogP contribution in [-0.2, 0) is 0 Å². The van der Waals surface area contributed by atoms with Gasteiger partial charge in [-0.05, 0) is 43.6 Å². The van der Waals surface area contributed by atoms with Crippen molar-refractivity contribution in [1.29, 1.82) is 0 Å². The van der Waals surface area contributed by atoms with E-state index in [0.717, 1.165) is 11.6 Å². The molecule has 0 radical (unpaired) electrons. The second-order valence-electron chi connectivity index (χ2n) is 6.42. The number of piperidine rings is 1. The Labute approximate surface area is 154 Å². The van der Waals surface area contributed by atoms with Gasteiger partial charge in [0.15, 0.2) is 0 Å². The summed E-state index contributed by atoms with van der Waals surface area (Å²) in [5.74, 6) is 5.10. The number of rotatable bonds is 5. The Hall–Kier alpha value is 0.130. The molecule has 0 amide bonds. The van der Waals surface area contributed by atoms with E-state index >= 15 is 0 Å². The van der Waals surface area contributed by atoms with Gasteiger partial charge < -0.3 is 5.32 Å². The Kier molecular flexibility index (Phi) is 7.46. The summed E-state index contributed by atoms with van der Waals surface area (Å²) in [6.45, 7) is 3.50. The molecule has 0 spiro atoms. The second kappa shape index (κ2) is 9.57. The summed E-state index contributed by atoms with van der Waals surface area (Å²) < 4.78 is 0. The van der Waals surface area contributed by atoms with E-state index in [4.69, 9.17) is 11.6 Å². The van der Waals surface area contributed by atoms with Gasteiger partial charge in [0, 0.05) is 46.7 Å². The molecule has 2 fully saturated rings. The van der Waals surface area contributed by atoms with Crippen LogP contribution in [0.4, 0.5) is 0 Å². The van der Waals surface area contributed by atoms with Crippen LogP contribution >= 0.6 is 35.1 Å². The number of nitrogens with zero attached hydrogens (tertiary/aromatic N) is 1. The highest BCUT2D eigenvalue weighted by molar-refractivity contribution is 8.03. The minimum Gasteiger partial charge on any atom is -0.310 e. The van der Waals surface area contributed by atoms with Crippen LogP contribution in [0, 0.1) is 0 Å². The average molecular weight is 371 g/mol. The Balaban J connectivity index is 1.65. The molecule has 128 valence electrons. The molecule has 2 aliphatic rings. The Morgan fingerprint density at radius 3 is 2.35 bits per heavy atom. The highest BCUT2D eigenvalue weighted by Crippen LogP contribution is 2.26. The minimum atomic E-state index is 0.478. The average Bonchev–Trinajstić information content (AvgIpc) is 2.86. The summed E-state index contributed by atoms with van der Waals surface area (Å²) in [6, 6.07) is 9.61. The zero-order valence-corrected chi connectivity index (χ0v) is 16.1. The molecule has 1 N–H and O–H groups in total. The van der Waals surface area contributed by atoms with Crippen LogP contribution in [-0.4, -0.2) is 53.6 Å². The maximum absolute atomic E-state index is 6.08. The van der Waals surface area contributed by atoms with Gasteiger partial charge in [-0.1, -0.05) is 30.2 Å². The highest BCUT2D eigenvalue weighted by atomic mass is 35.5.